The zero-order valence-corrected chi connectivity index (χ0v) is 23.8. The topological polar surface area (TPSA) is 152 Å². The second-order valence-electron chi connectivity index (χ2n) is 8.93. The Kier molecular flexibility index (Phi) is 8.80. The standard InChI is InChI=1S/C26H31N7O6S/c1-16(2)39-21(24-27-13-17(3)14-28-24)15-40(34,35)32-26-31-30-25(18-9-7-12-22(29-18)38-6)33(26)23-19(36-4)10-8-11-20(23)37-5/h7-14,16,21H,15H2,1-6H3,(H,31,32)/t21-/m0/s1. The normalized spacial score (nSPS) is 12.3. The number of benzene rings is 1. The summed E-state index contributed by atoms with van der Waals surface area (Å²) in [6, 6.07) is 10.3. The highest BCUT2D eigenvalue weighted by molar-refractivity contribution is 7.92. The fourth-order valence-electron chi connectivity index (χ4n) is 3.89. The van der Waals surface area contributed by atoms with Crippen LogP contribution in [0.5, 0.6) is 17.4 Å². The van der Waals surface area contributed by atoms with Crippen molar-refractivity contribution in [2.45, 2.75) is 33.0 Å². The molecule has 0 amide bonds. The molecule has 0 spiro atoms. The van der Waals surface area contributed by atoms with E-state index in [2.05, 4.69) is 29.9 Å². The maximum Gasteiger partial charge on any atom is 0.243 e. The van der Waals surface area contributed by atoms with Gasteiger partial charge >= 0.3 is 0 Å². The number of sulfonamides is 1. The van der Waals surface area contributed by atoms with Crippen LogP contribution in [-0.2, 0) is 14.8 Å². The fourth-order valence-corrected chi connectivity index (χ4v) is 5.01. The van der Waals surface area contributed by atoms with Crippen molar-refractivity contribution in [1.82, 2.24) is 29.7 Å². The molecule has 0 radical (unpaired) electrons. The van der Waals surface area contributed by atoms with Crippen LogP contribution in [-0.4, -0.2) is 71.3 Å². The van der Waals surface area contributed by atoms with Crippen molar-refractivity contribution in [3.05, 3.63) is 60.2 Å². The molecule has 1 aromatic carbocycles. The van der Waals surface area contributed by atoms with E-state index in [4.69, 9.17) is 18.9 Å². The number of pyridine rings is 1. The third-order valence-corrected chi connectivity index (χ3v) is 6.83. The van der Waals surface area contributed by atoms with Gasteiger partial charge in [-0.05, 0) is 44.5 Å². The lowest BCUT2D eigenvalue weighted by molar-refractivity contribution is 0.0148. The van der Waals surface area contributed by atoms with E-state index >= 15 is 0 Å². The first-order valence-corrected chi connectivity index (χ1v) is 13.9. The van der Waals surface area contributed by atoms with Crippen LogP contribution < -0.4 is 18.9 Å². The second kappa shape index (κ2) is 12.3. The van der Waals surface area contributed by atoms with Crippen molar-refractivity contribution in [1.29, 1.82) is 0 Å². The van der Waals surface area contributed by atoms with Gasteiger partial charge in [0, 0.05) is 18.5 Å². The Balaban J connectivity index is 1.81. The molecule has 4 aromatic rings. The van der Waals surface area contributed by atoms with Crippen LogP contribution in [0.3, 0.4) is 0 Å². The Bertz CT molecular complexity index is 1540. The molecule has 0 aliphatic carbocycles. The summed E-state index contributed by atoms with van der Waals surface area (Å²) >= 11 is 0. The first-order chi connectivity index (χ1) is 19.2. The summed E-state index contributed by atoms with van der Waals surface area (Å²) in [5.74, 6) is 0.992. The predicted octanol–water partition coefficient (Wildman–Crippen LogP) is 3.36. The molecule has 1 N–H and O–H groups in total. The van der Waals surface area contributed by atoms with Crippen LogP contribution in [0.1, 0.15) is 31.3 Å². The van der Waals surface area contributed by atoms with E-state index in [-0.39, 0.29) is 23.7 Å². The van der Waals surface area contributed by atoms with Crippen molar-refractivity contribution in [3.8, 4) is 34.6 Å². The Morgan fingerprint density at radius 3 is 2.17 bits per heavy atom. The number of nitrogens with one attached hydrogen (secondary N) is 1. The average Bonchev–Trinajstić information content (AvgIpc) is 3.34. The molecule has 1 atom stereocenters. The van der Waals surface area contributed by atoms with E-state index in [1.165, 1.54) is 25.9 Å². The SMILES string of the molecule is COc1cccc(-c2nnc(NS(=O)(=O)C[C@H](OC(C)C)c3ncc(C)cn3)n2-c2c(OC)cccc2OC)n1. The molecule has 0 aliphatic heterocycles. The third-order valence-electron chi connectivity index (χ3n) is 5.59. The lowest BCUT2D eigenvalue weighted by atomic mass is 10.2. The van der Waals surface area contributed by atoms with E-state index in [1.54, 1.807) is 62.6 Å². The maximum atomic E-state index is 13.5. The molecule has 3 aromatic heterocycles. The highest BCUT2D eigenvalue weighted by Gasteiger charge is 2.29. The summed E-state index contributed by atoms with van der Waals surface area (Å²) in [5.41, 5.74) is 1.58. The zero-order valence-electron chi connectivity index (χ0n) is 23.0. The summed E-state index contributed by atoms with van der Waals surface area (Å²) in [5, 5.41) is 8.44. The molecule has 0 unspecified atom stereocenters. The van der Waals surface area contributed by atoms with Crippen molar-refractivity contribution < 1.29 is 27.4 Å². The first-order valence-electron chi connectivity index (χ1n) is 12.3. The van der Waals surface area contributed by atoms with Crippen LogP contribution >= 0.6 is 0 Å². The molecule has 4 rings (SSSR count). The number of ether oxygens (including phenoxy) is 4. The number of aromatic nitrogens is 6. The largest absolute Gasteiger partial charge is 0.494 e. The van der Waals surface area contributed by atoms with E-state index < -0.39 is 21.9 Å². The molecule has 0 saturated heterocycles. The Morgan fingerprint density at radius 1 is 0.925 bits per heavy atom. The van der Waals surface area contributed by atoms with Gasteiger partial charge in [-0.1, -0.05) is 12.1 Å². The average molecular weight is 570 g/mol. The quantitative estimate of drug-likeness (QED) is 0.267. The molecule has 40 heavy (non-hydrogen) atoms. The number of methoxy groups -OCH3 is 3. The fraction of sp³-hybridized carbons (Fsp3) is 0.346. The number of anilines is 1. The van der Waals surface area contributed by atoms with Crippen LogP contribution in [0.4, 0.5) is 5.95 Å². The van der Waals surface area contributed by atoms with Gasteiger partial charge in [0.2, 0.25) is 21.9 Å². The molecule has 0 aliphatic rings. The smallest absolute Gasteiger partial charge is 0.243 e. The van der Waals surface area contributed by atoms with E-state index in [9.17, 15) is 8.42 Å². The van der Waals surface area contributed by atoms with Gasteiger partial charge in [0.25, 0.3) is 0 Å². The molecule has 0 bridgehead atoms. The lowest BCUT2D eigenvalue weighted by Crippen LogP contribution is -2.27. The monoisotopic (exact) mass is 569 g/mol. The Labute approximate surface area is 232 Å². The Morgan fingerprint density at radius 2 is 1.57 bits per heavy atom. The van der Waals surface area contributed by atoms with E-state index in [1.807, 2.05) is 6.92 Å². The molecule has 13 nitrogen and oxygen atoms in total. The summed E-state index contributed by atoms with van der Waals surface area (Å²) in [7, 11) is 0.382. The number of rotatable bonds is 12. The molecular formula is C26H31N7O6S. The number of para-hydroxylation sites is 1. The van der Waals surface area contributed by atoms with Crippen molar-refractivity contribution in [2.75, 3.05) is 31.8 Å². The summed E-state index contributed by atoms with van der Waals surface area (Å²) in [6.45, 7) is 5.45. The van der Waals surface area contributed by atoms with Gasteiger partial charge in [0.1, 0.15) is 34.7 Å². The maximum absolute atomic E-state index is 13.5. The van der Waals surface area contributed by atoms with Gasteiger partial charge in [-0.25, -0.2) is 23.4 Å². The number of hydrogen-bond acceptors (Lipinski definition) is 11. The number of nitrogens with zero attached hydrogens (tertiary/aromatic N) is 6. The van der Waals surface area contributed by atoms with Gasteiger partial charge in [-0.15, -0.1) is 10.2 Å². The van der Waals surface area contributed by atoms with Crippen LogP contribution in [0.15, 0.2) is 48.8 Å². The molecule has 212 valence electrons. The number of aryl methyl sites for hydroxylation is 1. The van der Waals surface area contributed by atoms with Crippen LogP contribution in [0.25, 0.3) is 17.2 Å². The Hall–Kier alpha value is -4.30. The first kappa shape index (κ1) is 28.7. The van der Waals surface area contributed by atoms with Crippen molar-refractivity contribution in [2.24, 2.45) is 0 Å². The minimum atomic E-state index is -4.09. The summed E-state index contributed by atoms with van der Waals surface area (Å²) < 4.78 is 53.4. The summed E-state index contributed by atoms with van der Waals surface area (Å²) in [6.07, 6.45) is 2.00. The molecule has 14 heteroatoms. The van der Waals surface area contributed by atoms with Crippen molar-refractivity contribution >= 4 is 16.0 Å². The van der Waals surface area contributed by atoms with Gasteiger partial charge < -0.3 is 18.9 Å². The number of hydrogen-bond donors (Lipinski definition) is 1. The van der Waals surface area contributed by atoms with Gasteiger partial charge in [-0.2, -0.15) is 0 Å². The minimum Gasteiger partial charge on any atom is -0.494 e. The van der Waals surface area contributed by atoms with Gasteiger partial charge in [0.05, 0.1) is 27.4 Å². The highest BCUT2D eigenvalue weighted by Crippen LogP contribution is 2.37. The summed E-state index contributed by atoms with van der Waals surface area (Å²) in [4.78, 5) is 13.0. The van der Waals surface area contributed by atoms with Crippen molar-refractivity contribution in [3.63, 3.8) is 0 Å². The molecule has 0 fully saturated rings. The predicted molar refractivity (Wildman–Crippen MR) is 147 cm³/mol. The van der Waals surface area contributed by atoms with Gasteiger partial charge in [-0.3, -0.25) is 9.29 Å². The van der Waals surface area contributed by atoms with Crippen LogP contribution in [0.2, 0.25) is 0 Å². The zero-order chi connectivity index (χ0) is 28.9. The minimum absolute atomic E-state index is 0.115. The van der Waals surface area contributed by atoms with E-state index in [0.717, 1.165) is 5.56 Å². The third kappa shape index (κ3) is 6.46. The van der Waals surface area contributed by atoms with Crippen LogP contribution in [0, 0.1) is 6.92 Å². The van der Waals surface area contributed by atoms with Gasteiger partial charge in [0.15, 0.2) is 11.6 Å². The molecule has 3 heterocycles. The second-order valence-corrected chi connectivity index (χ2v) is 10.7. The molecule has 0 saturated carbocycles. The lowest BCUT2D eigenvalue weighted by Gasteiger charge is -2.20. The highest BCUT2D eigenvalue weighted by atomic mass is 32.2. The molecular weight excluding hydrogens is 538 g/mol. The van der Waals surface area contributed by atoms with E-state index in [0.29, 0.717) is 28.8 Å².